The van der Waals surface area contributed by atoms with Crippen LogP contribution in [0.3, 0.4) is 0 Å². The van der Waals surface area contributed by atoms with Gasteiger partial charge >= 0.3 is 6.36 Å². The van der Waals surface area contributed by atoms with Gasteiger partial charge in [0.2, 0.25) is 0 Å². The standard InChI is InChI=1S/C17H10F4O/c18-14-9-4-6-11-5-3-8-13(16(11)14)12-7-1-2-10-15(12)22-17(19,20)21/h1-10H. The largest absolute Gasteiger partial charge is 0.573 e. The van der Waals surface area contributed by atoms with Crippen molar-refractivity contribution in [2.24, 2.45) is 0 Å². The van der Waals surface area contributed by atoms with E-state index in [1.165, 1.54) is 24.3 Å². The van der Waals surface area contributed by atoms with Crippen LogP contribution in [0.2, 0.25) is 0 Å². The zero-order chi connectivity index (χ0) is 15.7. The second kappa shape index (κ2) is 5.33. The molecule has 0 aliphatic rings. The highest BCUT2D eigenvalue weighted by Gasteiger charge is 2.32. The van der Waals surface area contributed by atoms with Gasteiger partial charge in [0.15, 0.2) is 0 Å². The number of halogens is 4. The van der Waals surface area contributed by atoms with Gasteiger partial charge in [0.25, 0.3) is 0 Å². The molecule has 3 aromatic rings. The van der Waals surface area contributed by atoms with Crippen molar-refractivity contribution in [3.05, 3.63) is 66.5 Å². The van der Waals surface area contributed by atoms with Gasteiger partial charge in [-0.2, -0.15) is 0 Å². The molecule has 5 heteroatoms. The Morgan fingerprint density at radius 3 is 2.09 bits per heavy atom. The van der Waals surface area contributed by atoms with Gasteiger partial charge in [0, 0.05) is 10.9 Å². The predicted octanol–water partition coefficient (Wildman–Crippen LogP) is 5.54. The average Bonchev–Trinajstić information content (AvgIpc) is 2.46. The van der Waals surface area contributed by atoms with E-state index in [0.717, 1.165) is 0 Å². The summed E-state index contributed by atoms with van der Waals surface area (Å²) in [6, 6.07) is 15.2. The maximum Gasteiger partial charge on any atom is 0.573 e. The van der Waals surface area contributed by atoms with Gasteiger partial charge in [-0.15, -0.1) is 13.2 Å². The highest BCUT2D eigenvalue weighted by atomic mass is 19.4. The summed E-state index contributed by atoms with van der Waals surface area (Å²) >= 11 is 0. The summed E-state index contributed by atoms with van der Waals surface area (Å²) in [6.45, 7) is 0. The highest BCUT2D eigenvalue weighted by molar-refractivity contribution is 5.98. The third kappa shape index (κ3) is 2.74. The fraction of sp³-hybridized carbons (Fsp3) is 0.0588. The summed E-state index contributed by atoms with van der Waals surface area (Å²) in [5, 5.41) is 0.877. The second-order valence-corrected chi connectivity index (χ2v) is 4.69. The Morgan fingerprint density at radius 1 is 0.727 bits per heavy atom. The van der Waals surface area contributed by atoms with E-state index in [4.69, 9.17) is 0 Å². The van der Waals surface area contributed by atoms with Crippen LogP contribution in [0.5, 0.6) is 5.75 Å². The van der Waals surface area contributed by atoms with Crippen LogP contribution in [0, 0.1) is 5.82 Å². The third-order valence-electron chi connectivity index (χ3n) is 3.26. The highest BCUT2D eigenvalue weighted by Crippen LogP contribution is 2.38. The van der Waals surface area contributed by atoms with E-state index in [9.17, 15) is 17.6 Å². The van der Waals surface area contributed by atoms with E-state index >= 15 is 0 Å². The van der Waals surface area contributed by atoms with E-state index in [-0.39, 0.29) is 16.7 Å². The number of alkyl halides is 3. The molecular formula is C17H10F4O. The number of benzene rings is 3. The molecule has 0 bridgehead atoms. The predicted molar refractivity (Wildman–Crippen MR) is 76.0 cm³/mol. The molecule has 0 radical (unpaired) electrons. The van der Waals surface area contributed by atoms with Gasteiger partial charge in [0.1, 0.15) is 11.6 Å². The first-order valence-corrected chi connectivity index (χ1v) is 6.48. The molecule has 1 nitrogen and oxygen atoms in total. The second-order valence-electron chi connectivity index (χ2n) is 4.69. The molecule has 0 saturated heterocycles. The summed E-state index contributed by atoms with van der Waals surface area (Å²) in [7, 11) is 0. The Morgan fingerprint density at radius 2 is 1.36 bits per heavy atom. The quantitative estimate of drug-likeness (QED) is 0.564. The zero-order valence-electron chi connectivity index (χ0n) is 11.2. The van der Waals surface area contributed by atoms with Gasteiger partial charge in [-0.05, 0) is 23.1 Å². The molecule has 0 saturated carbocycles. The molecule has 0 aromatic heterocycles. The van der Waals surface area contributed by atoms with Crippen LogP contribution >= 0.6 is 0 Å². The van der Waals surface area contributed by atoms with E-state index in [1.54, 1.807) is 36.4 Å². The number of para-hydroxylation sites is 1. The van der Waals surface area contributed by atoms with E-state index in [0.29, 0.717) is 10.9 Å². The van der Waals surface area contributed by atoms with Crippen molar-refractivity contribution in [2.75, 3.05) is 0 Å². The van der Waals surface area contributed by atoms with Gasteiger partial charge in [-0.25, -0.2) is 4.39 Å². The van der Waals surface area contributed by atoms with Crippen LogP contribution < -0.4 is 4.74 Å². The molecule has 3 aromatic carbocycles. The van der Waals surface area contributed by atoms with Gasteiger partial charge < -0.3 is 4.74 Å². The van der Waals surface area contributed by atoms with Crippen LogP contribution in [-0.2, 0) is 0 Å². The summed E-state index contributed by atoms with van der Waals surface area (Å²) in [4.78, 5) is 0. The molecule has 0 unspecified atom stereocenters. The van der Waals surface area contributed by atoms with Crippen molar-refractivity contribution in [1.29, 1.82) is 0 Å². The normalized spacial score (nSPS) is 11.6. The van der Waals surface area contributed by atoms with Crippen molar-refractivity contribution in [3.63, 3.8) is 0 Å². The average molecular weight is 306 g/mol. The van der Waals surface area contributed by atoms with Crippen molar-refractivity contribution in [3.8, 4) is 16.9 Å². The van der Waals surface area contributed by atoms with E-state index < -0.39 is 12.2 Å². The number of hydrogen-bond donors (Lipinski definition) is 0. The van der Waals surface area contributed by atoms with Crippen LogP contribution in [0.1, 0.15) is 0 Å². The topological polar surface area (TPSA) is 9.23 Å². The number of ether oxygens (including phenoxy) is 1. The minimum atomic E-state index is -4.81. The minimum absolute atomic E-state index is 0.190. The van der Waals surface area contributed by atoms with Crippen LogP contribution in [0.25, 0.3) is 21.9 Å². The summed E-state index contributed by atoms with van der Waals surface area (Å²) in [5.41, 5.74) is 0.547. The van der Waals surface area contributed by atoms with Crippen molar-refractivity contribution in [2.45, 2.75) is 6.36 Å². The summed E-state index contributed by atoms with van der Waals surface area (Å²) < 4.78 is 55.8. The van der Waals surface area contributed by atoms with Crippen molar-refractivity contribution >= 4 is 10.8 Å². The molecule has 0 N–H and O–H groups in total. The molecular weight excluding hydrogens is 296 g/mol. The molecule has 22 heavy (non-hydrogen) atoms. The maximum atomic E-state index is 14.1. The van der Waals surface area contributed by atoms with Gasteiger partial charge in [0.05, 0.1) is 0 Å². The summed E-state index contributed by atoms with van der Waals surface area (Å²) in [5.74, 6) is -0.847. The fourth-order valence-corrected chi connectivity index (χ4v) is 2.42. The Hall–Kier alpha value is -2.56. The molecule has 0 aliphatic carbocycles. The van der Waals surface area contributed by atoms with Crippen molar-refractivity contribution < 1.29 is 22.3 Å². The molecule has 0 fully saturated rings. The molecule has 0 spiro atoms. The molecule has 0 atom stereocenters. The molecule has 0 aliphatic heterocycles. The van der Waals surface area contributed by atoms with Crippen molar-refractivity contribution in [1.82, 2.24) is 0 Å². The zero-order valence-corrected chi connectivity index (χ0v) is 11.2. The third-order valence-corrected chi connectivity index (χ3v) is 3.26. The first-order valence-electron chi connectivity index (χ1n) is 6.48. The Labute approximate surface area is 123 Å². The lowest BCUT2D eigenvalue weighted by Gasteiger charge is -2.15. The van der Waals surface area contributed by atoms with Crippen LogP contribution in [0.15, 0.2) is 60.7 Å². The van der Waals surface area contributed by atoms with E-state index in [2.05, 4.69) is 4.74 Å². The lowest BCUT2D eigenvalue weighted by molar-refractivity contribution is -0.274. The molecule has 112 valence electrons. The van der Waals surface area contributed by atoms with E-state index in [1.807, 2.05) is 0 Å². The number of rotatable bonds is 2. The molecule has 0 heterocycles. The fourth-order valence-electron chi connectivity index (χ4n) is 2.42. The van der Waals surface area contributed by atoms with Crippen LogP contribution in [0.4, 0.5) is 17.6 Å². The lowest BCUT2D eigenvalue weighted by Crippen LogP contribution is -2.17. The Bertz CT molecular complexity index is 819. The molecule has 0 amide bonds. The lowest BCUT2D eigenvalue weighted by atomic mass is 9.97. The van der Waals surface area contributed by atoms with Gasteiger partial charge in [-0.1, -0.05) is 48.5 Å². The maximum absolute atomic E-state index is 14.1. The Balaban J connectivity index is 2.25. The SMILES string of the molecule is Fc1cccc2cccc(-c3ccccc3OC(F)(F)F)c12. The minimum Gasteiger partial charge on any atom is -0.405 e. The molecule has 3 rings (SSSR count). The summed E-state index contributed by atoms with van der Waals surface area (Å²) in [6.07, 6.45) is -4.81. The smallest absolute Gasteiger partial charge is 0.405 e. The van der Waals surface area contributed by atoms with Crippen LogP contribution in [-0.4, -0.2) is 6.36 Å². The number of fused-ring (bicyclic) bond motifs is 1. The first kappa shape index (κ1) is 14.4. The number of hydrogen-bond acceptors (Lipinski definition) is 1. The first-order chi connectivity index (χ1) is 10.5. The van der Waals surface area contributed by atoms with Gasteiger partial charge in [-0.3, -0.25) is 0 Å². The monoisotopic (exact) mass is 306 g/mol. The Kier molecular flexibility index (Phi) is 3.48.